The zero-order valence-corrected chi connectivity index (χ0v) is 11.1. The first-order valence-electron chi connectivity index (χ1n) is 5.42. The summed E-state index contributed by atoms with van der Waals surface area (Å²) in [5.41, 5.74) is 0. The smallest absolute Gasteiger partial charge is 0.254 e. The fourth-order valence-electron chi connectivity index (χ4n) is 1.84. The maximum atomic E-state index is 12.2. The molecule has 1 saturated heterocycles. The van der Waals surface area contributed by atoms with Crippen molar-refractivity contribution in [2.24, 2.45) is 5.92 Å². The predicted molar refractivity (Wildman–Crippen MR) is 64.4 cm³/mol. The number of nitrogens with zero attached hydrogens (tertiary/aromatic N) is 2. The molecule has 1 aromatic rings. The number of hydrogen-bond donors (Lipinski definition) is 0. The van der Waals surface area contributed by atoms with Crippen LogP contribution in [0, 0.1) is 12.8 Å². The standard InChI is InChI=1S/C10H14N2O3S2/c1-8-11-6-10(16-8)17(14,15)12-4-2-9(7-13)3-5-12/h6-7,9H,2-5H2,1H3. The lowest BCUT2D eigenvalue weighted by Gasteiger charge is -2.28. The van der Waals surface area contributed by atoms with Crippen molar-refractivity contribution in [1.82, 2.24) is 9.29 Å². The average molecular weight is 274 g/mol. The molecule has 1 aromatic heterocycles. The Morgan fingerprint density at radius 2 is 2.12 bits per heavy atom. The highest BCUT2D eigenvalue weighted by Crippen LogP contribution is 2.26. The molecule has 1 aliphatic rings. The third kappa shape index (κ3) is 2.56. The number of sulfonamides is 1. The van der Waals surface area contributed by atoms with Gasteiger partial charge in [0.25, 0.3) is 10.0 Å². The molecule has 2 rings (SSSR count). The highest BCUT2D eigenvalue weighted by molar-refractivity contribution is 7.91. The van der Waals surface area contributed by atoms with Crippen LogP contribution in [-0.4, -0.2) is 37.1 Å². The van der Waals surface area contributed by atoms with Gasteiger partial charge in [0, 0.05) is 19.0 Å². The normalized spacial score (nSPS) is 19.4. The zero-order valence-electron chi connectivity index (χ0n) is 9.50. The Balaban J connectivity index is 2.15. The number of aryl methyl sites for hydroxylation is 1. The van der Waals surface area contributed by atoms with Crippen molar-refractivity contribution < 1.29 is 13.2 Å². The van der Waals surface area contributed by atoms with Gasteiger partial charge in [0.2, 0.25) is 0 Å². The fourth-order valence-corrected chi connectivity index (χ4v) is 4.57. The third-order valence-corrected chi connectivity index (χ3v) is 6.13. The van der Waals surface area contributed by atoms with Crippen LogP contribution in [0.1, 0.15) is 17.8 Å². The molecular formula is C10H14N2O3S2. The van der Waals surface area contributed by atoms with Gasteiger partial charge >= 0.3 is 0 Å². The molecule has 0 bridgehead atoms. The molecule has 0 unspecified atom stereocenters. The maximum Gasteiger partial charge on any atom is 0.254 e. The monoisotopic (exact) mass is 274 g/mol. The van der Waals surface area contributed by atoms with Crippen molar-refractivity contribution in [3.63, 3.8) is 0 Å². The summed E-state index contributed by atoms with van der Waals surface area (Å²) < 4.78 is 26.1. The van der Waals surface area contributed by atoms with Crippen LogP contribution >= 0.6 is 11.3 Å². The molecule has 0 radical (unpaired) electrons. The van der Waals surface area contributed by atoms with Gasteiger partial charge in [-0.05, 0) is 19.8 Å². The highest BCUT2D eigenvalue weighted by Gasteiger charge is 2.30. The van der Waals surface area contributed by atoms with Gasteiger partial charge < -0.3 is 4.79 Å². The predicted octanol–water partition coefficient (Wildman–Crippen LogP) is 1.05. The number of aromatic nitrogens is 1. The van der Waals surface area contributed by atoms with E-state index in [0.29, 0.717) is 30.1 Å². The van der Waals surface area contributed by atoms with Crippen LogP contribution in [0.2, 0.25) is 0 Å². The number of piperidine rings is 1. The van der Waals surface area contributed by atoms with E-state index in [4.69, 9.17) is 0 Å². The number of carbonyl (C=O) groups is 1. The molecule has 5 nitrogen and oxygen atoms in total. The van der Waals surface area contributed by atoms with Gasteiger partial charge in [-0.15, -0.1) is 11.3 Å². The summed E-state index contributed by atoms with van der Waals surface area (Å²) in [6, 6.07) is 0. The Morgan fingerprint density at radius 3 is 2.59 bits per heavy atom. The van der Waals surface area contributed by atoms with Crippen molar-refractivity contribution in [2.75, 3.05) is 13.1 Å². The Morgan fingerprint density at radius 1 is 1.47 bits per heavy atom. The average Bonchev–Trinajstić information content (AvgIpc) is 2.77. The number of thiazole rings is 1. The second-order valence-corrected chi connectivity index (χ2v) is 7.48. The molecule has 0 saturated carbocycles. The molecule has 17 heavy (non-hydrogen) atoms. The Hall–Kier alpha value is -0.790. The van der Waals surface area contributed by atoms with E-state index in [1.54, 1.807) is 6.92 Å². The van der Waals surface area contributed by atoms with Gasteiger partial charge in [0.05, 0.1) is 11.2 Å². The zero-order chi connectivity index (χ0) is 12.5. The quantitative estimate of drug-likeness (QED) is 0.773. The minimum absolute atomic E-state index is 0.00430. The van der Waals surface area contributed by atoms with Crippen molar-refractivity contribution in [3.8, 4) is 0 Å². The second kappa shape index (κ2) is 4.83. The highest BCUT2D eigenvalue weighted by atomic mass is 32.2. The van der Waals surface area contributed by atoms with Crippen LogP contribution in [0.5, 0.6) is 0 Å². The van der Waals surface area contributed by atoms with Gasteiger partial charge in [0.15, 0.2) is 4.21 Å². The van der Waals surface area contributed by atoms with Crippen LogP contribution in [0.3, 0.4) is 0 Å². The third-order valence-electron chi connectivity index (χ3n) is 2.89. The van der Waals surface area contributed by atoms with Crippen LogP contribution in [-0.2, 0) is 14.8 Å². The lowest BCUT2D eigenvalue weighted by molar-refractivity contribution is -0.112. The molecule has 7 heteroatoms. The minimum Gasteiger partial charge on any atom is -0.303 e. The van der Waals surface area contributed by atoms with Gasteiger partial charge in [-0.2, -0.15) is 4.31 Å². The van der Waals surface area contributed by atoms with Crippen molar-refractivity contribution >= 4 is 27.6 Å². The molecule has 2 heterocycles. The Bertz CT molecular complexity index is 501. The SMILES string of the molecule is Cc1ncc(S(=O)(=O)N2CCC(C=O)CC2)s1. The van der Waals surface area contributed by atoms with E-state index in [1.165, 1.54) is 21.8 Å². The van der Waals surface area contributed by atoms with Gasteiger partial charge in [-0.25, -0.2) is 13.4 Å². The van der Waals surface area contributed by atoms with E-state index in [1.807, 2.05) is 0 Å². The second-order valence-electron chi connectivity index (χ2n) is 4.08. The molecule has 1 aliphatic heterocycles. The number of carbonyl (C=O) groups excluding carboxylic acids is 1. The van der Waals surface area contributed by atoms with Gasteiger partial charge in [-0.3, -0.25) is 0 Å². The first kappa shape index (κ1) is 12.7. The molecular weight excluding hydrogens is 260 g/mol. The molecule has 0 spiro atoms. The fraction of sp³-hybridized carbons (Fsp3) is 0.600. The molecule has 1 fully saturated rings. The number of hydrogen-bond acceptors (Lipinski definition) is 5. The summed E-state index contributed by atoms with van der Waals surface area (Å²) in [4.78, 5) is 14.6. The largest absolute Gasteiger partial charge is 0.303 e. The molecule has 0 N–H and O–H groups in total. The van der Waals surface area contributed by atoms with E-state index in [-0.39, 0.29) is 5.92 Å². The van der Waals surface area contributed by atoms with E-state index >= 15 is 0 Å². The summed E-state index contributed by atoms with van der Waals surface area (Å²) in [6.07, 6.45) is 3.54. The lowest BCUT2D eigenvalue weighted by atomic mass is 10.0. The van der Waals surface area contributed by atoms with Crippen LogP contribution in [0.15, 0.2) is 10.4 Å². The molecule has 0 amide bonds. The van der Waals surface area contributed by atoms with Crippen LogP contribution in [0.4, 0.5) is 0 Å². The summed E-state index contributed by atoms with van der Waals surface area (Å²) in [7, 11) is -3.40. The van der Waals surface area contributed by atoms with E-state index in [2.05, 4.69) is 4.98 Å². The Kier molecular flexibility index (Phi) is 3.60. The molecule has 0 aliphatic carbocycles. The van der Waals surface area contributed by atoms with Crippen molar-refractivity contribution in [3.05, 3.63) is 11.2 Å². The number of aldehydes is 1. The first-order chi connectivity index (χ1) is 8.04. The summed E-state index contributed by atoms with van der Waals surface area (Å²) in [5, 5.41) is 0.742. The molecule has 94 valence electrons. The summed E-state index contributed by atoms with van der Waals surface area (Å²) in [6.45, 7) is 2.62. The Labute approximate surface area is 105 Å². The first-order valence-corrected chi connectivity index (χ1v) is 7.67. The lowest BCUT2D eigenvalue weighted by Crippen LogP contribution is -2.38. The summed E-state index contributed by atoms with van der Waals surface area (Å²) in [5.74, 6) is 0.00430. The maximum absolute atomic E-state index is 12.2. The van der Waals surface area contributed by atoms with Gasteiger partial charge in [0.1, 0.15) is 6.29 Å². The topological polar surface area (TPSA) is 67.3 Å². The van der Waals surface area contributed by atoms with Crippen LogP contribution < -0.4 is 0 Å². The number of rotatable bonds is 3. The molecule has 0 atom stereocenters. The van der Waals surface area contributed by atoms with E-state index in [9.17, 15) is 13.2 Å². The van der Waals surface area contributed by atoms with Crippen LogP contribution in [0.25, 0.3) is 0 Å². The van der Waals surface area contributed by atoms with Crippen molar-refractivity contribution in [2.45, 2.75) is 24.0 Å². The van der Waals surface area contributed by atoms with Gasteiger partial charge in [-0.1, -0.05) is 0 Å². The summed E-state index contributed by atoms with van der Waals surface area (Å²) >= 11 is 1.18. The van der Waals surface area contributed by atoms with Crippen molar-refractivity contribution in [1.29, 1.82) is 0 Å². The molecule has 0 aromatic carbocycles. The minimum atomic E-state index is -3.40. The van der Waals surface area contributed by atoms with E-state index < -0.39 is 10.0 Å². The van der Waals surface area contributed by atoms with E-state index in [0.717, 1.165) is 11.3 Å².